The highest BCUT2D eigenvalue weighted by Crippen LogP contribution is 2.45. The summed E-state index contributed by atoms with van der Waals surface area (Å²) in [6.07, 6.45) is 57.4. The Balaban J connectivity index is 5.11. The van der Waals surface area contributed by atoms with Gasteiger partial charge in [-0.1, -0.05) is 343 Å². The maximum Gasteiger partial charge on any atom is 0.472 e. The summed E-state index contributed by atoms with van der Waals surface area (Å²) in [5.74, 6) is -1.31. The summed E-state index contributed by atoms with van der Waals surface area (Å²) >= 11 is 0. The van der Waals surface area contributed by atoms with Gasteiger partial charge in [0.15, 0.2) is 12.2 Å². The second kappa shape index (κ2) is 68.2. The molecule has 0 spiro atoms. The third kappa shape index (κ3) is 68.6. The van der Waals surface area contributed by atoms with Crippen LogP contribution in [0, 0.1) is 5.92 Å². The molecule has 3 N–H and O–H groups in total. The number of unbranched alkanes of at least 4 members (excludes halogenated alkanes) is 47. The van der Waals surface area contributed by atoms with Crippen LogP contribution in [-0.2, 0) is 65.4 Å². The monoisotopic (exact) mass is 1380 g/mol. The molecule has 0 fully saturated rings. The van der Waals surface area contributed by atoms with Crippen LogP contribution in [0.15, 0.2) is 0 Å². The Morgan fingerprint density at radius 3 is 0.723 bits per heavy atom. The van der Waals surface area contributed by atoms with Crippen molar-refractivity contribution < 1.29 is 80.2 Å². The van der Waals surface area contributed by atoms with Gasteiger partial charge in [0.2, 0.25) is 0 Å². The smallest absolute Gasteiger partial charge is 0.462 e. The molecule has 5 atom stereocenters. The largest absolute Gasteiger partial charge is 0.472 e. The molecule has 17 nitrogen and oxygen atoms in total. The number of phosphoric acid groups is 2. The third-order valence-corrected chi connectivity index (χ3v) is 19.4. The zero-order valence-electron chi connectivity index (χ0n) is 61.1. The highest BCUT2D eigenvalue weighted by atomic mass is 31.2. The molecule has 0 radical (unpaired) electrons. The highest BCUT2D eigenvalue weighted by molar-refractivity contribution is 7.47. The van der Waals surface area contributed by atoms with E-state index in [2.05, 4.69) is 34.6 Å². The quantitative estimate of drug-likeness (QED) is 0.0222. The van der Waals surface area contributed by atoms with Gasteiger partial charge in [0.05, 0.1) is 26.4 Å². The zero-order valence-corrected chi connectivity index (χ0v) is 62.9. The topological polar surface area (TPSA) is 237 Å². The number of hydrogen-bond donors (Lipinski definition) is 3. The van der Waals surface area contributed by atoms with Crippen molar-refractivity contribution in [2.45, 2.75) is 412 Å². The zero-order chi connectivity index (χ0) is 69.1. The second-order valence-electron chi connectivity index (χ2n) is 27.5. The molecule has 0 bridgehead atoms. The fourth-order valence-corrected chi connectivity index (χ4v) is 13.1. The van der Waals surface area contributed by atoms with Gasteiger partial charge in [-0.2, -0.15) is 0 Å². The van der Waals surface area contributed by atoms with Gasteiger partial charge in [-0.25, -0.2) is 9.13 Å². The molecule has 2 unspecified atom stereocenters. The summed E-state index contributed by atoms with van der Waals surface area (Å²) in [4.78, 5) is 72.4. The lowest BCUT2D eigenvalue weighted by Gasteiger charge is -2.21. The number of aliphatic hydroxyl groups is 1. The third-order valence-electron chi connectivity index (χ3n) is 17.5. The number of ether oxygens (including phenoxy) is 4. The van der Waals surface area contributed by atoms with Crippen LogP contribution < -0.4 is 0 Å². The predicted octanol–water partition coefficient (Wildman–Crippen LogP) is 22.1. The molecule has 0 aliphatic heterocycles. The standard InChI is InChI=1S/C75H146O17P2/c1-6-9-12-15-17-19-21-22-23-26-30-33-37-40-44-49-54-59-73(78)86-65-71(92-75(80)61-56-51-46-42-38-34-31-28-25-24-27-29-32-36-39-43-48-52-57-68(4)5)67-90-94(83,84)88-63-69(76)62-87-93(81,82)89-66-70(64-85-72(77)58-53-47-14-11-8-3)91-74(79)60-55-50-45-41-35-20-18-16-13-10-7-2/h68-71,76H,6-67H2,1-5H3,(H,81,82)(H,83,84)/t69-,70+,71+/m0/s1. The second-order valence-corrected chi connectivity index (χ2v) is 30.4. The fourth-order valence-electron chi connectivity index (χ4n) is 11.5. The molecule has 0 aromatic rings. The van der Waals surface area contributed by atoms with E-state index in [4.69, 9.17) is 37.0 Å². The Kier molecular flexibility index (Phi) is 66.8. The lowest BCUT2D eigenvalue weighted by atomic mass is 10.0. The van der Waals surface area contributed by atoms with E-state index in [1.165, 1.54) is 212 Å². The molecule has 0 aromatic carbocycles. The van der Waals surface area contributed by atoms with E-state index in [-0.39, 0.29) is 25.7 Å². The number of rotatable bonds is 75. The molecule has 0 amide bonds. The number of carbonyl (C=O) groups is 4. The minimum Gasteiger partial charge on any atom is -0.462 e. The first-order chi connectivity index (χ1) is 45.5. The molecule has 558 valence electrons. The van der Waals surface area contributed by atoms with Gasteiger partial charge in [-0.3, -0.25) is 37.3 Å². The van der Waals surface area contributed by atoms with Crippen LogP contribution in [0.4, 0.5) is 0 Å². The SMILES string of the molecule is CCCCCCCCCCCCCCCCCCCC(=O)OC[C@H](COP(=O)(O)OC[C@@H](O)COP(=O)(O)OC[C@@H](COC(=O)CCCCCCC)OC(=O)CCCCCCCCCCCCC)OC(=O)CCCCCCCCCCCCCCCCCCCCC(C)C. The summed E-state index contributed by atoms with van der Waals surface area (Å²) < 4.78 is 68.2. The number of hydrogen-bond acceptors (Lipinski definition) is 15. The van der Waals surface area contributed by atoms with E-state index in [0.717, 1.165) is 102 Å². The van der Waals surface area contributed by atoms with Crippen molar-refractivity contribution >= 4 is 39.5 Å². The van der Waals surface area contributed by atoms with Crippen LogP contribution >= 0.6 is 15.6 Å². The van der Waals surface area contributed by atoms with Gasteiger partial charge in [0, 0.05) is 25.7 Å². The van der Waals surface area contributed by atoms with Gasteiger partial charge in [-0.05, 0) is 31.6 Å². The van der Waals surface area contributed by atoms with Crippen LogP contribution in [0.3, 0.4) is 0 Å². The summed E-state index contributed by atoms with van der Waals surface area (Å²) in [7, 11) is -9.90. The molecule has 0 saturated heterocycles. The number of aliphatic hydroxyl groups excluding tert-OH is 1. The van der Waals surface area contributed by atoms with Crippen molar-refractivity contribution in [3.05, 3.63) is 0 Å². The minimum atomic E-state index is -4.95. The molecule has 0 heterocycles. The molecule has 0 saturated carbocycles. The van der Waals surface area contributed by atoms with E-state index in [0.29, 0.717) is 25.7 Å². The van der Waals surface area contributed by atoms with E-state index < -0.39 is 97.5 Å². The Bertz CT molecular complexity index is 1810. The average molecular weight is 1380 g/mol. The van der Waals surface area contributed by atoms with Crippen molar-refractivity contribution in [3.63, 3.8) is 0 Å². The lowest BCUT2D eigenvalue weighted by Crippen LogP contribution is -2.30. The molecule has 0 aliphatic rings. The Morgan fingerprint density at radius 1 is 0.287 bits per heavy atom. The normalized spacial score (nSPS) is 14.0. The average Bonchev–Trinajstić information content (AvgIpc) is 1.43. The molecule has 0 aromatic heterocycles. The summed E-state index contributed by atoms with van der Waals surface area (Å²) in [6.45, 7) is 7.23. The molecule has 94 heavy (non-hydrogen) atoms. The molecule has 0 rings (SSSR count). The van der Waals surface area contributed by atoms with Crippen LogP contribution in [0.5, 0.6) is 0 Å². The van der Waals surface area contributed by atoms with Crippen LogP contribution in [0.25, 0.3) is 0 Å². The van der Waals surface area contributed by atoms with E-state index in [1.807, 2.05) is 0 Å². The molecular formula is C75H146O17P2. The fraction of sp³-hybridized carbons (Fsp3) is 0.947. The van der Waals surface area contributed by atoms with Crippen LogP contribution in [0.1, 0.15) is 394 Å². The van der Waals surface area contributed by atoms with Gasteiger partial charge >= 0.3 is 39.5 Å². The van der Waals surface area contributed by atoms with Crippen LogP contribution in [0.2, 0.25) is 0 Å². The first-order valence-corrected chi connectivity index (χ1v) is 42.1. The molecule has 0 aliphatic carbocycles. The maximum atomic E-state index is 13.1. The summed E-state index contributed by atoms with van der Waals surface area (Å²) in [6, 6.07) is 0. The maximum absolute atomic E-state index is 13.1. The minimum absolute atomic E-state index is 0.106. The molecule has 19 heteroatoms. The van der Waals surface area contributed by atoms with Crippen molar-refractivity contribution in [1.82, 2.24) is 0 Å². The number of esters is 4. The van der Waals surface area contributed by atoms with Crippen molar-refractivity contribution in [2.24, 2.45) is 5.92 Å². The van der Waals surface area contributed by atoms with Crippen LogP contribution in [-0.4, -0.2) is 96.7 Å². The summed E-state index contributed by atoms with van der Waals surface area (Å²) in [5, 5.41) is 10.6. The van der Waals surface area contributed by atoms with Gasteiger partial charge < -0.3 is 33.8 Å². The van der Waals surface area contributed by atoms with Gasteiger partial charge in [0.25, 0.3) is 0 Å². The van der Waals surface area contributed by atoms with Gasteiger partial charge in [-0.15, -0.1) is 0 Å². The lowest BCUT2D eigenvalue weighted by molar-refractivity contribution is -0.161. The van der Waals surface area contributed by atoms with Gasteiger partial charge in [0.1, 0.15) is 19.3 Å². The van der Waals surface area contributed by atoms with Crippen molar-refractivity contribution in [2.75, 3.05) is 39.6 Å². The van der Waals surface area contributed by atoms with Crippen molar-refractivity contribution in [3.8, 4) is 0 Å². The first-order valence-electron chi connectivity index (χ1n) is 39.1. The number of phosphoric ester groups is 2. The Morgan fingerprint density at radius 2 is 0.489 bits per heavy atom. The summed E-state index contributed by atoms with van der Waals surface area (Å²) in [5.41, 5.74) is 0. The first kappa shape index (κ1) is 92.1. The van der Waals surface area contributed by atoms with Crippen molar-refractivity contribution in [1.29, 1.82) is 0 Å². The molecular weight excluding hydrogens is 1230 g/mol. The van der Waals surface area contributed by atoms with E-state index in [9.17, 15) is 43.2 Å². The Hall–Kier alpha value is -1.94. The van der Waals surface area contributed by atoms with E-state index >= 15 is 0 Å². The Labute approximate surface area is 575 Å². The predicted molar refractivity (Wildman–Crippen MR) is 382 cm³/mol. The number of carbonyl (C=O) groups excluding carboxylic acids is 4. The van der Waals surface area contributed by atoms with E-state index in [1.54, 1.807) is 0 Å². The highest BCUT2D eigenvalue weighted by Gasteiger charge is 2.30.